The van der Waals surface area contributed by atoms with Crippen molar-refractivity contribution in [3.63, 3.8) is 0 Å². The molecule has 6 rings (SSSR count). The smallest absolute Gasteiger partial charge is 0.336 e. The number of carbonyl (C=O) groups excluding carboxylic acids is 2. The molecule has 1 aliphatic carbocycles. The second-order valence-electron chi connectivity index (χ2n) is 14.7. The Kier molecular flexibility index (Phi) is 9.55. The number of dihydropyridines is 1. The monoisotopic (exact) mass is 670 g/mol. The molecule has 0 saturated carbocycles. The Hall–Kier alpha value is -4.31. The van der Waals surface area contributed by atoms with E-state index in [1.165, 1.54) is 6.07 Å². The van der Waals surface area contributed by atoms with Gasteiger partial charge in [-0.25, -0.2) is 9.59 Å². The number of nitrogens with one attached hydrogen (secondary N) is 2. The fraction of sp³-hybridized carbons (Fsp3) is 0.513. The van der Waals surface area contributed by atoms with Crippen LogP contribution < -0.4 is 26.7 Å². The minimum atomic E-state index is -1.10. The maximum Gasteiger partial charge on any atom is 0.336 e. The molecular formula is C39H50N4O6. The predicted molar refractivity (Wildman–Crippen MR) is 190 cm³/mol. The van der Waals surface area contributed by atoms with Crippen molar-refractivity contribution in [2.75, 3.05) is 26.7 Å². The van der Waals surface area contributed by atoms with E-state index in [0.717, 1.165) is 48.0 Å². The Morgan fingerprint density at radius 3 is 2.80 bits per heavy atom. The number of hydrogen-bond acceptors (Lipinski definition) is 9. The number of benzene rings is 1. The van der Waals surface area contributed by atoms with Crippen molar-refractivity contribution in [2.24, 2.45) is 23.5 Å². The minimum absolute atomic E-state index is 0.105. The van der Waals surface area contributed by atoms with Crippen molar-refractivity contribution in [2.45, 2.75) is 84.0 Å². The molecule has 1 aromatic carbocycles. The lowest BCUT2D eigenvalue weighted by molar-refractivity contribution is -0.185. The average molecular weight is 671 g/mol. The average Bonchev–Trinajstić information content (AvgIpc) is 3.42. The Morgan fingerprint density at radius 1 is 1.27 bits per heavy atom. The molecule has 1 spiro atoms. The van der Waals surface area contributed by atoms with Gasteiger partial charge in [-0.1, -0.05) is 32.1 Å². The summed E-state index contributed by atoms with van der Waals surface area (Å²) in [6.07, 6.45) is 10.9. The first-order chi connectivity index (χ1) is 23.4. The number of allylic oxidation sites excluding steroid dienone is 2. The van der Waals surface area contributed by atoms with Crippen LogP contribution in [0.15, 0.2) is 80.3 Å². The summed E-state index contributed by atoms with van der Waals surface area (Å²) in [7, 11) is 1.96. The molecular weight excluding hydrogens is 620 g/mol. The summed E-state index contributed by atoms with van der Waals surface area (Å²) in [4.78, 5) is 41.6. The maximum atomic E-state index is 14.1. The molecule has 1 aromatic heterocycles. The number of amides is 1. The molecule has 10 heteroatoms. The molecule has 4 heterocycles. The number of carbonyl (C=O) groups is 2. The molecule has 1 amide bonds. The first-order valence-electron chi connectivity index (χ1n) is 17.5. The first kappa shape index (κ1) is 34.5. The van der Waals surface area contributed by atoms with Gasteiger partial charge in [-0.3, -0.25) is 4.79 Å². The number of hydrogen-bond donors (Lipinski definition) is 3. The molecule has 0 unspecified atom stereocenters. The van der Waals surface area contributed by atoms with Crippen LogP contribution in [0.5, 0.6) is 5.75 Å². The van der Waals surface area contributed by atoms with Crippen LogP contribution in [0.4, 0.5) is 0 Å². The third-order valence-electron chi connectivity index (χ3n) is 11.0. The van der Waals surface area contributed by atoms with Crippen LogP contribution in [-0.2, 0) is 20.7 Å². The van der Waals surface area contributed by atoms with Crippen molar-refractivity contribution < 1.29 is 23.5 Å². The van der Waals surface area contributed by atoms with Crippen LogP contribution in [0, 0.1) is 17.8 Å². The van der Waals surface area contributed by atoms with Gasteiger partial charge in [0, 0.05) is 73.4 Å². The first-order valence-corrected chi connectivity index (χ1v) is 17.5. The zero-order valence-electron chi connectivity index (χ0n) is 29.6. The largest absolute Gasteiger partial charge is 0.481 e. The van der Waals surface area contributed by atoms with Gasteiger partial charge in [0.2, 0.25) is 5.91 Å². The number of ether oxygens (including phenoxy) is 2. The van der Waals surface area contributed by atoms with E-state index in [1.807, 2.05) is 39.1 Å². The van der Waals surface area contributed by atoms with Crippen LogP contribution in [0.25, 0.3) is 11.0 Å². The van der Waals surface area contributed by atoms with Gasteiger partial charge in [0.05, 0.1) is 12.2 Å². The molecule has 1 fully saturated rings. The summed E-state index contributed by atoms with van der Waals surface area (Å²) in [5, 5.41) is 7.34. The van der Waals surface area contributed by atoms with E-state index in [9.17, 15) is 14.4 Å². The van der Waals surface area contributed by atoms with E-state index in [0.29, 0.717) is 53.9 Å². The van der Waals surface area contributed by atoms with Gasteiger partial charge in [0.25, 0.3) is 0 Å². The van der Waals surface area contributed by atoms with Gasteiger partial charge in [-0.2, -0.15) is 0 Å². The van der Waals surface area contributed by atoms with E-state index in [-0.39, 0.29) is 18.4 Å². The highest BCUT2D eigenvalue weighted by Crippen LogP contribution is 2.54. The highest BCUT2D eigenvalue weighted by Gasteiger charge is 2.62. The highest BCUT2D eigenvalue weighted by molar-refractivity contribution is 5.88. The lowest BCUT2D eigenvalue weighted by atomic mass is 9.63. The van der Waals surface area contributed by atoms with Crippen molar-refractivity contribution in [3.8, 4) is 5.75 Å². The zero-order chi connectivity index (χ0) is 35.1. The van der Waals surface area contributed by atoms with Gasteiger partial charge in [0.1, 0.15) is 11.3 Å². The lowest BCUT2D eigenvalue weighted by Crippen LogP contribution is -2.64. The summed E-state index contributed by atoms with van der Waals surface area (Å²) in [6, 6.07) is 7.09. The number of esters is 1. The number of nitrogens with zero attached hydrogens (tertiary/aromatic N) is 1. The van der Waals surface area contributed by atoms with Crippen molar-refractivity contribution in [1.29, 1.82) is 0 Å². The molecule has 4 aliphatic rings. The van der Waals surface area contributed by atoms with Crippen molar-refractivity contribution >= 4 is 22.8 Å². The molecule has 49 heavy (non-hydrogen) atoms. The number of nitrogens with two attached hydrogens (primary N) is 1. The van der Waals surface area contributed by atoms with Gasteiger partial charge in [0.15, 0.2) is 11.2 Å². The SMILES string of the molecule is C/C=C(\C)C(=O)O[C@]1(C)CC=C[C@H](C2=C(CC(=O)N3C[C@@H](CNC)[C@@H]3CCC(C)C)CNC(N)=C2)[C@]12Cc1cc3ccc(=O)oc3cc1O2. The fourth-order valence-electron chi connectivity index (χ4n) is 7.99. The van der Waals surface area contributed by atoms with E-state index < -0.39 is 28.7 Å². The van der Waals surface area contributed by atoms with E-state index in [1.54, 1.807) is 25.1 Å². The summed E-state index contributed by atoms with van der Waals surface area (Å²) in [5.41, 5.74) is 7.46. The summed E-state index contributed by atoms with van der Waals surface area (Å²) in [5.74, 6) is 1.35. The highest BCUT2D eigenvalue weighted by atomic mass is 16.6. The van der Waals surface area contributed by atoms with Gasteiger partial charge in [-0.05, 0) is 81.5 Å². The topological polar surface area (TPSA) is 136 Å². The van der Waals surface area contributed by atoms with Crippen LogP contribution in [-0.4, -0.2) is 60.7 Å². The van der Waals surface area contributed by atoms with E-state index in [2.05, 4.69) is 35.5 Å². The minimum Gasteiger partial charge on any atom is -0.481 e. The molecule has 4 N–H and O–H groups in total. The Bertz CT molecular complexity index is 1820. The molecule has 1 saturated heterocycles. The normalized spacial score (nSPS) is 27.9. The molecule has 262 valence electrons. The summed E-state index contributed by atoms with van der Waals surface area (Å²) >= 11 is 0. The van der Waals surface area contributed by atoms with Crippen LogP contribution in [0.1, 0.15) is 65.9 Å². The Balaban J connectivity index is 1.40. The van der Waals surface area contributed by atoms with Crippen LogP contribution in [0.3, 0.4) is 0 Å². The third-order valence-corrected chi connectivity index (χ3v) is 11.0. The molecule has 10 nitrogen and oxygen atoms in total. The van der Waals surface area contributed by atoms with Crippen LogP contribution >= 0.6 is 0 Å². The van der Waals surface area contributed by atoms with Crippen LogP contribution in [0.2, 0.25) is 0 Å². The third kappa shape index (κ3) is 6.43. The molecule has 3 aliphatic heterocycles. The Labute approximate surface area is 288 Å². The van der Waals surface area contributed by atoms with Gasteiger partial charge >= 0.3 is 11.6 Å². The second-order valence-corrected chi connectivity index (χ2v) is 14.7. The summed E-state index contributed by atoms with van der Waals surface area (Å²) < 4.78 is 18.9. The van der Waals surface area contributed by atoms with Crippen molar-refractivity contribution in [1.82, 2.24) is 15.5 Å². The lowest BCUT2D eigenvalue weighted by Gasteiger charge is -2.51. The summed E-state index contributed by atoms with van der Waals surface area (Å²) in [6.45, 7) is 12.0. The zero-order valence-corrected chi connectivity index (χ0v) is 29.6. The number of fused-ring (bicyclic) bond motifs is 2. The Morgan fingerprint density at radius 2 is 2.06 bits per heavy atom. The standard InChI is InChI=1S/C39H50N4O6/c1-7-24(4)37(46)49-38(5)14-8-9-30(39(38)19-26-15-25-11-13-36(45)47-32(25)18-33(26)48-39)29-17-34(40)42-21-27(29)16-35(44)43-22-28(20-41-6)31(43)12-10-23(2)3/h7-9,11,13,15,17-18,23,28,30-31,41-42H,10,12,14,16,19-22,40H2,1-6H3/b24-7+/t28-,30-,31+,38-,39-/m1/s1. The van der Waals surface area contributed by atoms with Gasteiger partial charge in [-0.15, -0.1) is 0 Å². The number of rotatable bonds is 10. The fourth-order valence-corrected chi connectivity index (χ4v) is 7.99. The van der Waals surface area contributed by atoms with Gasteiger partial charge < -0.3 is 35.2 Å². The predicted octanol–water partition coefficient (Wildman–Crippen LogP) is 4.88. The van der Waals surface area contributed by atoms with E-state index >= 15 is 0 Å². The molecule has 2 aromatic rings. The van der Waals surface area contributed by atoms with Crippen molar-refractivity contribution in [3.05, 3.63) is 87.1 Å². The second kappa shape index (κ2) is 13.5. The maximum absolute atomic E-state index is 14.1. The quantitative estimate of drug-likeness (QED) is 0.140. The van der Waals surface area contributed by atoms with E-state index in [4.69, 9.17) is 19.6 Å². The molecule has 5 atom stereocenters. The molecule has 0 bridgehead atoms. The molecule has 0 radical (unpaired) electrons. The number of likely N-dealkylation sites (tertiary alicyclic amines) is 1.